The molecule has 0 spiro atoms. The summed E-state index contributed by atoms with van der Waals surface area (Å²) in [7, 11) is 3.04. The van der Waals surface area contributed by atoms with Gasteiger partial charge in [0.1, 0.15) is 5.75 Å². The number of ether oxygens (including phenoxy) is 2. The molecule has 0 radical (unpaired) electrons. The molecule has 0 heterocycles. The van der Waals surface area contributed by atoms with E-state index in [4.69, 9.17) is 9.47 Å². The normalized spacial score (nSPS) is 26.8. The summed E-state index contributed by atoms with van der Waals surface area (Å²) in [4.78, 5) is 11.9. The Hall–Kier alpha value is -1.55. The quantitative estimate of drug-likeness (QED) is 0.850. The lowest BCUT2D eigenvalue weighted by atomic mass is 9.74. The van der Waals surface area contributed by atoms with E-state index < -0.39 is 0 Å². The Bertz CT molecular complexity index is 426. The van der Waals surface area contributed by atoms with Crippen LogP contribution in [0.3, 0.4) is 0 Å². The number of benzene rings is 1. The van der Waals surface area contributed by atoms with E-state index >= 15 is 0 Å². The summed E-state index contributed by atoms with van der Waals surface area (Å²) >= 11 is 0. The summed E-state index contributed by atoms with van der Waals surface area (Å²) < 4.78 is 10.0. The highest BCUT2D eigenvalue weighted by Gasteiger charge is 2.36. The van der Waals surface area contributed by atoms with Crippen LogP contribution in [0.1, 0.15) is 30.7 Å². The number of aliphatic hydroxyl groups excluding tert-OH is 1. The zero-order valence-electron chi connectivity index (χ0n) is 11.3. The summed E-state index contributed by atoms with van der Waals surface area (Å²) in [6.45, 7) is 0. The molecule has 0 bridgehead atoms. The SMILES string of the molecule is COC(=O)[C@H]1CC[C@@H](O)C[C@@H]1c1ccc(OC)cc1. The van der Waals surface area contributed by atoms with E-state index in [1.165, 1.54) is 7.11 Å². The number of carbonyl (C=O) groups excluding carboxylic acids is 1. The third kappa shape index (κ3) is 3.07. The molecule has 1 aliphatic rings. The predicted molar refractivity (Wildman–Crippen MR) is 71.1 cm³/mol. The molecule has 2 rings (SSSR count). The maximum absolute atomic E-state index is 11.9. The van der Waals surface area contributed by atoms with E-state index in [1.807, 2.05) is 24.3 Å². The van der Waals surface area contributed by atoms with Crippen LogP contribution in [0.25, 0.3) is 0 Å². The topological polar surface area (TPSA) is 55.8 Å². The standard InChI is InChI=1S/C15H20O4/c1-18-12-6-3-10(4-7-12)14-9-11(16)5-8-13(14)15(17)19-2/h3-4,6-7,11,13-14,16H,5,8-9H2,1-2H3/t11-,13+,14-/m1/s1. The maximum atomic E-state index is 11.9. The van der Waals surface area contributed by atoms with Crippen molar-refractivity contribution < 1.29 is 19.4 Å². The Morgan fingerprint density at radius 3 is 2.47 bits per heavy atom. The molecule has 3 atom stereocenters. The van der Waals surface area contributed by atoms with Crippen molar-refractivity contribution in [2.75, 3.05) is 14.2 Å². The molecule has 0 saturated heterocycles. The van der Waals surface area contributed by atoms with Crippen LogP contribution >= 0.6 is 0 Å². The highest BCUT2D eigenvalue weighted by molar-refractivity contribution is 5.73. The van der Waals surface area contributed by atoms with Crippen LogP contribution < -0.4 is 4.74 Å². The first-order valence-electron chi connectivity index (χ1n) is 6.55. The molecular weight excluding hydrogens is 244 g/mol. The van der Waals surface area contributed by atoms with Crippen molar-refractivity contribution in [2.45, 2.75) is 31.3 Å². The molecule has 1 aromatic rings. The molecule has 0 aliphatic heterocycles. The third-order valence-electron chi connectivity index (χ3n) is 3.87. The molecule has 0 unspecified atom stereocenters. The Kier molecular flexibility index (Phi) is 4.43. The number of carbonyl (C=O) groups is 1. The smallest absolute Gasteiger partial charge is 0.309 e. The number of hydrogen-bond acceptors (Lipinski definition) is 4. The van der Waals surface area contributed by atoms with Gasteiger partial charge in [0.2, 0.25) is 0 Å². The number of esters is 1. The summed E-state index contributed by atoms with van der Waals surface area (Å²) in [6.07, 6.45) is 1.59. The van der Waals surface area contributed by atoms with Crippen LogP contribution in [-0.4, -0.2) is 31.4 Å². The molecule has 4 nitrogen and oxygen atoms in total. The van der Waals surface area contributed by atoms with E-state index in [2.05, 4.69) is 0 Å². The van der Waals surface area contributed by atoms with Crippen LogP contribution in [0.4, 0.5) is 0 Å². The van der Waals surface area contributed by atoms with E-state index in [1.54, 1.807) is 7.11 Å². The van der Waals surface area contributed by atoms with Crippen molar-refractivity contribution in [1.29, 1.82) is 0 Å². The largest absolute Gasteiger partial charge is 0.497 e. The molecule has 19 heavy (non-hydrogen) atoms. The summed E-state index contributed by atoms with van der Waals surface area (Å²) in [5, 5.41) is 9.84. The first-order valence-corrected chi connectivity index (χ1v) is 6.55. The first kappa shape index (κ1) is 13.9. The third-order valence-corrected chi connectivity index (χ3v) is 3.87. The molecule has 0 aromatic heterocycles. The van der Waals surface area contributed by atoms with E-state index in [0.717, 1.165) is 11.3 Å². The maximum Gasteiger partial charge on any atom is 0.309 e. The van der Waals surface area contributed by atoms with Gasteiger partial charge < -0.3 is 14.6 Å². The van der Waals surface area contributed by atoms with Gasteiger partial charge in [-0.3, -0.25) is 4.79 Å². The van der Waals surface area contributed by atoms with Crippen molar-refractivity contribution in [2.24, 2.45) is 5.92 Å². The average Bonchev–Trinajstić information content (AvgIpc) is 2.46. The van der Waals surface area contributed by atoms with E-state index in [-0.39, 0.29) is 23.9 Å². The Morgan fingerprint density at radius 1 is 1.21 bits per heavy atom. The second kappa shape index (κ2) is 6.06. The summed E-state index contributed by atoms with van der Waals surface area (Å²) in [5.41, 5.74) is 1.05. The van der Waals surface area contributed by atoms with Crippen LogP contribution in [0.5, 0.6) is 5.75 Å². The van der Waals surface area contributed by atoms with Gasteiger partial charge in [-0.25, -0.2) is 0 Å². The van der Waals surface area contributed by atoms with Gasteiger partial charge in [0.05, 0.1) is 26.2 Å². The van der Waals surface area contributed by atoms with Crippen molar-refractivity contribution in [3.63, 3.8) is 0 Å². The van der Waals surface area contributed by atoms with E-state index in [0.29, 0.717) is 19.3 Å². The number of rotatable bonds is 3. The summed E-state index contributed by atoms with van der Waals surface area (Å²) in [6, 6.07) is 7.67. The van der Waals surface area contributed by atoms with Gasteiger partial charge in [-0.05, 0) is 42.9 Å². The molecule has 1 aromatic carbocycles. The van der Waals surface area contributed by atoms with E-state index in [9.17, 15) is 9.90 Å². The lowest BCUT2D eigenvalue weighted by molar-refractivity contribution is -0.148. The molecule has 1 N–H and O–H groups in total. The number of methoxy groups -OCH3 is 2. The molecule has 4 heteroatoms. The molecular formula is C15H20O4. The number of aliphatic hydroxyl groups is 1. The minimum atomic E-state index is -0.340. The van der Waals surface area contributed by atoms with Crippen molar-refractivity contribution in [3.05, 3.63) is 29.8 Å². The Morgan fingerprint density at radius 2 is 1.89 bits per heavy atom. The highest BCUT2D eigenvalue weighted by atomic mass is 16.5. The van der Waals surface area contributed by atoms with Gasteiger partial charge >= 0.3 is 5.97 Å². The second-order valence-electron chi connectivity index (χ2n) is 4.98. The zero-order valence-corrected chi connectivity index (χ0v) is 11.3. The molecule has 1 saturated carbocycles. The zero-order chi connectivity index (χ0) is 13.8. The fraction of sp³-hybridized carbons (Fsp3) is 0.533. The van der Waals surface area contributed by atoms with Crippen LogP contribution in [0.2, 0.25) is 0 Å². The fourth-order valence-corrected chi connectivity index (χ4v) is 2.80. The Balaban J connectivity index is 2.23. The predicted octanol–water partition coefficient (Wildman–Crippen LogP) is 2.11. The van der Waals surface area contributed by atoms with Crippen molar-refractivity contribution in [3.8, 4) is 5.75 Å². The van der Waals surface area contributed by atoms with Gasteiger partial charge in [0.15, 0.2) is 0 Å². The van der Waals surface area contributed by atoms with Gasteiger partial charge in [0, 0.05) is 0 Å². The second-order valence-corrected chi connectivity index (χ2v) is 4.98. The van der Waals surface area contributed by atoms with Gasteiger partial charge in [-0.2, -0.15) is 0 Å². The van der Waals surface area contributed by atoms with Crippen molar-refractivity contribution >= 4 is 5.97 Å². The summed E-state index contributed by atoms with van der Waals surface area (Å²) in [5.74, 6) is 0.450. The molecule has 1 aliphatic carbocycles. The Labute approximate surface area is 113 Å². The van der Waals surface area contributed by atoms with Crippen LogP contribution in [0, 0.1) is 5.92 Å². The molecule has 1 fully saturated rings. The number of hydrogen-bond donors (Lipinski definition) is 1. The van der Waals surface area contributed by atoms with Gasteiger partial charge in [0.25, 0.3) is 0 Å². The van der Waals surface area contributed by atoms with Gasteiger partial charge in [-0.15, -0.1) is 0 Å². The van der Waals surface area contributed by atoms with Gasteiger partial charge in [-0.1, -0.05) is 12.1 Å². The highest BCUT2D eigenvalue weighted by Crippen LogP contribution is 2.39. The van der Waals surface area contributed by atoms with Crippen LogP contribution in [0.15, 0.2) is 24.3 Å². The lowest BCUT2D eigenvalue weighted by Gasteiger charge is -2.32. The van der Waals surface area contributed by atoms with Crippen LogP contribution in [-0.2, 0) is 9.53 Å². The average molecular weight is 264 g/mol. The van der Waals surface area contributed by atoms with Crippen molar-refractivity contribution in [1.82, 2.24) is 0 Å². The fourth-order valence-electron chi connectivity index (χ4n) is 2.80. The molecule has 104 valence electrons. The minimum absolute atomic E-state index is 0.0158. The minimum Gasteiger partial charge on any atom is -0.497 e. The first-order chi connectivity index (χ1) is 9.15. The monoisotopic (exact) mass is 264 g/mol. The molecule has 0 amide bonds. The lowest BCUT2D eigenvalue weighted by Crippen LogP contribution is -2.32.